The second kappa shape index (κ2) is 8.02. The van der Waals surface area contributed by atoms with Gasteiger partial charge in [0.2, 0.25) is 5.91 Å². The predicted molar refractivity (Wildman–Crippen MR) is 111 cm³/mol. The Kier molecular flexibility index (Phi) is 5.31. The van der Waals surface area contributed by atoms with E-state index in [0.29, 0.717) is 11.6 Å². The molecular formula is C20H17N3O2S2. The lowest BCUT2D eigenvalue weighted by Crippen LogP contribution is -2.20. The summed E-state index contributed by atoms with van der Waals surface area (Å²) in [5.41, 5.74) is 3.10. The highest BCUT2D eigenvalue weighted by atomic mass is 32.2. The van der Waals surface area contributed by atoms with Crippen molar-refractivity contribution in [1.82, 2.24) is 5.16 Å². The molecule has 1 aromatic heterocycles. The summed E-state index contributed by atoms with van der Waals surface area (Å²) in [6.45, 7) is 1.79. The molecular weight excluding hydrogens is 378 g/mol. The Bertz CT molecular complexity index is 986. The number of amides is 1. The molecule has 0 spiro atoms. The standard InChI is InChI=1S/C20H17N3O2S2/c1-13-11-17(23-25-13)22-19(24)18(14-7-3-2-4-8-14)27-20-21-16-10-6-5-9-15(16)12-26-20/h2-11,18H,12H2,1H3,(H,22,23,24)/t18-/m0/s1. The number of nitrogens with one attached hydrogen (secondary N) is 1. The number of nitrogens with zero attached hydrogens (tertiary/aromatic N) is 2. The number of carbonyl (C=O) groups is 1. The molecule has 5 nitrogen and oxygen atoms in total. The molecule has 2 aromatic carbocycles. The van der Waals surface area contributed by atoms with Crippen molar-refractivity contribution in [3.8, 4) is 0 Å². The zero-order valence-electron chi connectivity index (χ0n) is 14.6. The molecule has 1 aliphatic rings. The van der Waals surface area contributed by atoms with Crippen molar-refractivity contribution in [2.24, 2.45) is 4.99 Å². The van der Waals surface area contributed by atoms with Crippen molar-refractivity contribution in [1.29, 1.82) is 0 Å². The van der Waals surface area contributed by atoms with Crippen LogP contribution in [0.4, 0.5) is 11.5 Å². The molecule has 2 heterocycles. The second-order valence-electron chi connectivity index (χ2n) is 6.02. The molecule has 0 unspecified atom stereocenters. The molecule has 27 heavy (non-hydrogen) atoms. The van der Waals surface area contributed by atoms with Gasteiger partial charge in [0.1, 0.15) is 15.4 Å². The largest absolute Gasteiger partial charge is 0.360 e. The van der Waals surface area contributed by atoms with Crippen LogP contribution in [0.5, 0.6) is 0 Å². The molecule has 3 aromatic rings. The first kappa shape index (κ1) is 17.9. The SMILES string of the molecule is Cc1cc(NC(=O)[C@@H](SC2=Nc3ccccc3CS2)c2ccccc2)no1. The lowest BCUT2D eigenvalue weighted by atomic mass is 10.1. The summed E-state index contributed by atoms with van der Waals surface area (Å²) in [6, 6.07) is 19.5. The topological polar surface area (TPSA) is 67.5 Å². The molecule has 1 amide bonds. The Morgan fingerprint density at radius 2 is 1.96 bits per heavy atom. The average Bonchev–Trinajstić information content (AvgIpc) is 3.11. The molecule has 0 bridgehead atoms. The normalized spacial score (nSPS) is 14.2. The van der Waals surface area contributed by atoms with E-state index in [-0.39, 0.29) is 5.91 Å². The average molecular weight is 396 g/mol. The van der Waals surface area contributed by atoms with Gasteiger partial charge in [-0.3, -0.25) is 4.79 Å². The molecule has 136 valence electrons. The van der Waals surface area contributed by atoms with Crippen LogP contribution in [0.2, 0.25) is 0 Å². The fourth-order valence-corrected chi connectivity index (χ4v) is 4.93. The van der Waals surface area contributed by atoms with E-state index < -0.39 is 5.25 Å². The van der Waals surface area contributed by atoms with Crippen molar-refractivity contribution in [3.63, 3.8) is 0 Å². The molecule has 1 atom stereocenters. The van der Waals surface area contributed by atoms with Gasteiger partial charge in [-0.25, -0.2) is 4.99 Å². The Hall–Kier alpha value is -2.51. The first-order valence-electron chi connectivity index (χ1n) is 8.44. The van der Waals surface area contributed by atoms with Crippen LogP contribution < -0.4 is 5.32 Å². The highest BCUT2D eigenvalue weighted by molar-refractivity contribution is 8.38. The Morgan fingerprint density at radius 1 is 1.19 bits per heavy atom. The number of thioether (sulfide) groups is 2. The van der Waals surface area contributed by atoms with Crippen LogP contribution in [0.1, 0.15) is 22.1 Å². The van der Waals surface area contributed by atoms with Crippen molar-refractivity contribution >= 4 is 45.3 Å². The van der Waals surface area contributed by atoms with Crippen LogP contribution >= 0.6 is 23.5 Å². The van der Waals surface area contributed by atoms with Crippen LogP contribution in [0.15, 0.2) is 70.2 Å². The summed E-state index contributed by atoms with van der Waals surface area (Å²) in [6.07, 6.45) is 0. The lowest BCUT2D eigenvalue weighted by molar-refractivity contribution is -0.115. The smallest absolute Gasteiger partial charge is 0.243 e. The number of hydrogen-bond donors (Lipinski definition) is 1. The monoisotopic (exact) mass is 395 g/mol. The maximum Gasteiger partial charge on any atom is 0.243 e. The van der Waals surface area contributed by atoms with Gasteiger partial charge < -0.3 is 9.84 Å². The van der Waals surface area contributed by atoms with Crippen molar-refractivity contribution in [3.05, 3.63) is 77.6 Å². The number of hydrogen-bond acceptors (Lipinski definition) is 6. The number of fused-ring (bicyclic) bond motifs is 1. The minimum absolute atomic E-state index is 0.151. The molecule has 0 aliphatic carbocycles. The fourth-order valence-electron chi connectivity index (χ4n) is 2.69. The molecule has 1 aliphatic heterocycles. The Balaban J connectivity index is 1.59. The van der Waals surface area contributed by atoms with Gasteiger partial charge >= 0.3 is 0 Å². The van der Waals surface area contributed by atoms with Gasteiger partial charge in [-0.15, -0.1) is 0 Å². The number of anilines is 1. The van der Waals surface area contributed by atoms with E-state index in [1.54, 1.807) is 24.8 Å². The molecule has 0 radical (unpaired) electrons. The van der Waals surface area contributed by atoms with E-state index in [9.17, 15) is 4.79 Å². The van der Waals surface area contributed by atoms with Crippen LogP contribution in [-0.4, -0.2) is 15.4 Å². The summed E-state index contributed by atoms with van der Waals surface area (Å²) in [5.74, 6) is 1.77. The zero-order valence-corrected chi connectivity index (χ0v) is 16.2. The highest BCUT2D eigenvalue weighted by Gasteiger charge is 2.26. The Labute approximate surface area is 165 Å². The maximum atomic E-state index is 13.0. The lowest BCUT2D eigenvalue weighted by Gasteiger charge is -2.19. The number of para-hydroxylation sites is 1. The van der Waals surface area contributed by atoms with E-state index in [1.165, 1.54) is 17.3 Å². The maximum absolute atomic E-state index is 13.0. The third-order valence-corrected chi connectivity index (χ3v) is 6.44. The van der Waals surface area contributed by atoms with Crippen molar-refractivity contribution in [2.75, 3.05) is 5.32 Å². The Morgan fingerprint density at radius 3 is 2.74 bits per heavy atom. The van der Waals surface area contributed by atoms with Gasteiger partial charge in [0, 0.05) is 11.8 Å². The summed E-state index contributed by atoms with van der Waals surface area (Å²) in [5, 5.41) is 6.27. The molecule has 1 N–H and O–H groups in total. The number of aliphatic imine (C=N–C) groups is 1. The highest BCUT2D eigenvalue weighted by Crippen LogP contribution is 2.40. The molecule has 7 heteroatoms. The van der Waals surface area contributed by atoms with Gasteiger partial charge in [-0.1, -0.05) is 77.2 Å². The first-order chi connectivity index (χ1) is 13.2. The minimum Gasteiger partial charge on any atom is -0.360 e. The molecule has 4 rings (SSSR count). The number of carbonyl (C=O) groups excluding carboxylic acids is 1. The van der Waals surface area contributed by atoms with Gasteiger partial charge in [0.15, 0.2) is 5.82 Å². The number of aryl methyl sites for hydroxylation is 1. The molecule has 0 saturated heterocycles. The van der Waals surface area contributed by atoms with Crippen molar-refractivity contribution < 1.29 is 9.32 Å². The number of rotatable bonds is 4. The van der Waals surface area contributed by atoms with Gasteiger partial charge in [-0.05, 0) is 24.1 Å². The first-order valence-corrected chi connectivity index (χ1v) is 10.3. The van der Waals surface area contributed by atoms with Gasteiger partial charge in [-0.2, -0.15) is 0 Å². The van der Waals surface area contributed by atoms with Crippen LogP contribution in [0.25, 0.3) is 0 Å². The van der Waals surface area contributed by atoms with E-state index in [1.807, 2.05) is 48.5 Å². The number of benzene rings is 2. The van der Waals surface area contributed by atoms with E-state index >= 15 is 0 Å². The van der Waals surface area contributed by atoms with Crippen LogP contribution in [0.3, 0.4) is 0 Å². The second-order valence-corrected chi connectivity index (χ2v) is 8.33. The van der Waals surface area contributed by atoms with Gasteiger partial charge in [0.25, 0.3) is 0 Å². The van der Waals surface area contributed by atoms with Crippen LogP contribution in [-0.2, 0) is 10.5 Å². The zero-order chi connectivity index (χ0) is 18.6. The quantitative estimate of drug-likeness (QED) is 0.647. The minimum atomic E-state index is -0.431. The molecule has 0 saturated carbocycles. The van der Waals surface area contributed by atoms with Crippen molar-refractivity contribution in [2.45, 2.75) is 17.9 Å². The summed E-state index contributed by atoms with van der Waals surface area (Å²) >= 11 is 3.11. The van der Waals surface area contributed by atoms with E-state index in [4.69, 9.17) is 9.52 Å². The van der Waals surface area contributed by atoms with E-state index in [2.05, 4.69) is 16.5 Å². The predicted octanol–water partition coefficient (Wildman–Crippen LogP) is 5.33. The third kappa shape index (κ3) is 4.26. The number of aromatic nitrogens is 1. The van der Waals surface area contributed by atoms with Crippen LogP contribution in [0, 0.1) is 6.92 Å². The third-order valence-electron chi connectivity index (χ3n) is 3.99. The van der Waals surface area contributed by atoms with Gasteiger partial charge in [0.05, 0.1) is 5.69 Å². The summed E-state index contributed by atoms with van der Waals surface area (Å²) < 4.78 is 5.92. The summed E-state index contributed by atoms with van der Waals surface area (Å²) in [4.78, 5) is 17.7. The summed E-state index contributed by atoms with van der Waals surface area (Å²) in [7, 11) is 0. The molecule has 0 fully saturated rings. The fraction of sp³-hybridized carbons (Fsp3) is 0.150. The van der Waals surface area contributed by atoms with E-state index in [0.717, 1.165) is 21.4 Å².